The molecule has 0 saturated carbocycles. The summed E-state index contributed by atoms with van der Waals surface area (Å²) in [6.07, 6.45) is 0. The second-order valence-electron chi connectivity index (χ2n) is 4.92. The first-order valence-electron chi connectivity index (χ1n) is 6.29. The van der Waals surface area contributed by atoms with E-state index in [9.17, 15) is 5.11 Å². The van der Waals surface area contributed by atoms with Crippen LogP contribution < -0.4 is 10.1 Å². The molecule has 0 aromatic heterocycles. The highest BCUT2D eigenvalue weighted by atomic mass is 79.9. The van der Waals surface area contributed by atoms with E-state index in [4.69, 9.17) is 9.47 Å². The number of aromatic hydroxyl groups is 1. The molecule has 0 spiro atoms. The zero-order valence-corrected chi connectivity index (χ0v) is 13.5. The summed E-state index contributed by atoms with van der Waals surface area (Å²) in [5.41, 5.74) is 0.848. The Morgan fingerprint density at radius 2 is 2.05 bits per heavy atom. The predicted octanol–water partition coefficient (Wildman–Crippen LogP) is 3.07. The minimum atomic E-state index is -0.188. The second-order valence-corrected chi connectivity index (χ2v) is 5.78. The van der Waals surface area contributed by atoms with E-state index < -0.39 is 0 Å². The summed E-state index contributed by atoms with van der Waals surface area (Å²) >= 11 is 3.31. The standard InChI is InChI=1S/C14H22BrNO3/c1-5-19-14(2,3)9-16-8-10-6-11(15)13(17)12(7-10)18-4/h6-7,16-17H,5,8-9H2,1-4H3. The summed E-state index contributed by atoms with van der Waals surface area (Å²) in [6, 6.07) is 3.69. The molecule has 1 rings (SSSR count). The molecule has 2 N–H and O–H groups in total. The van der Waals surface area contributed by atoms with Gasteiger partial charge in [-0.05, 0) is 54.4 Å². The van der Waals surface area contributed by atoms with Crippen LogP contribution in [-0.2, 0) is 11.3 Å². The van der Waals surface area contributed by atoms with E-state index in [0.717, 1.165) is 12.1 Å². The van der Waals surface area contributed by atoms with Crippen LogP contribution in [0.4, 0.5) is 0 Å². The van der Waals surface area contributed by atoms with Crippen LogP contribution in [0.25, 0.3) is 0 Å². The van der Waals surface area contributed by atoms with Crippen molar-refractivity contribution in [3.63, 3.8) is 0 Å². The fraction of sp³-hybridized carbons (Fsp3) is 0.571. The molecule has 0 aliphatic carbocycles. The number of hydrogen-bond donors (Lipinski definition) is 2. The van der Waals surface area contributed by atoms with Gasteiger partial charge in [0, 0.05) is 19.7 Å². The van der Waals surface area contributed by atoms with Crippen LogP contribution in [0.2, 0.25) is 0 Å². The molecular formula is C14H22BrNO3. The summed E-state index contributed by atoms with van der Waals surface area (Å²) in [7, 11) is 1.54. The molecule has 0 heterocycles. The molecule has 0 atom stereocenters. The van der Waals surface area contributed by atoms with E-state index in [1.54, 1.807) is 0 Å². The summed E-state index contributed by atoms with van der Waals surface area (Å²) < 4.78 is 11.4. The number of phenols is 1. The van der Waals surface area contributed by atoms with Crippen molar-refractivity contribution < 1.29 is 14.6 Å². The smallest absolute Gasteiger partial charge is 0.172 e. The van der Waals surface area contributed by atoms with E-state index >= 15 is 0 Å². The molecule has 0 saturated heterocycles. The van der Waals surface area contributed by atoms with Gasteiger partial charge in [0.15, 0.2) is 11.5 Å². The first kappa shape index (κ1) is 16.3. The predicted molar refractivity (Wildman–Crippen MR) is 79.8 cm³/mol. The average Bonchev–Trinajstić information content (AvgIpc) is 2.33. The van der Waals surface area contributed by atoms with Gasteiger partial charge in [0.25, 0.3) is 0 Å². The quantitative estimate of drug-likeness (QED) is 0.806. The minimum Gasteiger partial charge on any atom is -0.503 e. The van der Waals surface area contributed by atoms with Crippen molar-refractivity contribution in [3.05, 3.63) is 22.2 Å². The number of ether oxygens (including phenoxy) is 2. The van der Waals surface area contributed by atoms with Crippen LogP contribution >= 0.6 is 15.9 Å². The van der Waals surface area contributed by atoms with Gasteiger partial charge >= 0.3 is 0 Å². The number of halogens is 1. The van der Waals surface area contributed by atoms with Gasteiger partial charge in [-0.1, -0.05) is 0 Å². The second kappa shape index (κ2) is 7.12. The maximum absolute atomic E-state index is 9.73. The highest BCUT2D eigenvalue weighted by Gasteiger charge is 2.17. The van der Waals surface area contributed by atoms with Crippen molar-refractivity contribution in [2.24, 2.45) is 0 Å². The lowest BCUT2D eigenvalue weighted by molar-refractivity contribution is -0.00897. The van der Waals surface area contributed by atoms with Gasteiger partial charge in [0.05, 0.1) is 17.2 Å². The molecule has 108 valence electrons. The van der Waals surface area contributed by atoms with Crippen molar-refractivity contribution >= 4 is 15.9 Å². The van der Waals surface area contributed by atoms with Crippen LogP contribution in [0.15, 0.2) is 16.6 Å². The Kier molecular flexibility index (Phi) is 6.10. The summed E-state index contributed by atoms with van der Waals surface area (Å²) in [5, 5.41) is 13.1. The molecule has 1 aromatic carbocycles. The third kappa shape index (κ3) is 5.01. The summed E-state index contributed by atoms with van der Waals surface area (Å²) in [4.78, 5) is 0. The molecule has 0 aliphatic heterocycles. The van der Waals surface area contributed by atoms with Crippen molar-refractivity contribution in [1.82, 2.24) is 5.32 Å². The van der Waals surface area contributed by atoms with Crippen molar-refractivity contribution in [2.75, 3.05) is 20.3 Å². The molecule has 1 aromatic rings. The van der Waals surface area contributed by atoms with Crippen LogP contribution in [0.5, 0.6) is 11.5 Å². The monoisotopic (exact) mass is 331 g/mol. The maximum atomic E-state index is 9.73. The van der Waals surface area contributed by atoms with E-state index in [-0.39, 0.29) is 11.4 Å². The lowest BCUT2D eigenvalue weighted by Gasteiger charge is -2.25. The Morgan fingerprint density at radius 3 is 2.63 bits per heavy atom. The normalized spacial score (nSPS) is 11.6. The first-order valence-corrected chi connectivity index (χ1v) is 7.09. The largest absolute Gasteiger partial charge is 0.503 e. The lowest BCUT2D eigenvalue weighted by Crippen LogP contribution is -2.37. The van der Waals surface area contributed by atoms with Crippen molar-refractivity contribution in [3.8, 4) is 11.5 Å². The molecular weight excluding hydrogens is 310 g/mol. The number of phenolic OH excluding ortho intramolecular Hbond substituents is 1. The van der Waals surface area contributed by atoms with E-state index in [1.165, 1.54) is 7.11 Å². The highest BCUT2D eigenvalue weighted by molar-refractivity contribution is 9.10. The molecule has 0 bridgehead atoms. The summed E-state index contributed by atoms with van der Waals surface area (Å²) in [6.45, 7) is 8.23. The molecule has 19 heavy (non-hydrogen) atoms. The van der Waals surface area contributed by atoms with Gasteiger partial charge in [-0.15, -0.1) is 0 Å². The molecule has 0 radical (unpaired) electrons. The Hall–Kier alpha value is -0.780. The van der Waals surface area contributed by atoms with Crippen LogP contribution in [0, 0.1) is 0 Å². The van der Waals surface area contributed by atoms with Gasteiger partial charge in [0.1, 0.15) is 0 Å². The fourth-order valence-corrected chi connectivity index (χ4v) is 2.32. The number of rotatable bonds is 7. The molecule has 5 heteroatoms. The molecule has 0 fully saturated rings. The topological polar surface area (TPSA) is 50.7 Å². The first-order chi connectivity index (χ1) is 8.89. The Morgan fingerprint density at radius 1 is 1.37 bits per heavy atom. The number of methoxy groups -OCH3 is 1. The summed E-state index contributed by atoms with van der Waals surface area (Å²) in [5.74, 6) is 0.594. The zero-order chi connectivity index (χ0) is 14.5. The maximum Gasteiger partial charge on any atom is 0.172 e. The average molecular weight is 332 g/mol. The Bertz CT molecular complexity index is 421. The number of nitrogens with one attached hydrogen (secondary N) is 1. The van der Waals surface area contributed by atoms with Crippen molar-refractivity contribution in [1.29, 1.82) is 0 Å². The van der Waals surface area contributed by atoms with E-state index in [0.29, 0.717) is 23.4 Å². The van der Waals surface area contributed by atoms with Gasteiger partial charge in [-0.25, -0.2) is 0 Å². The van der Waals surface area contributed by atoms with Crippen molar-refractivity contribution in [2.45, 2.75) is 32.9 Å². The van der Waals surface area contributed by atoms with Gasteiger partial charge in [-0.3, -0.25) is 0 Å². The molecule has 4 nitrogen and oxygen atoms in total. The van der Waals surface area contributed by atoms with Crippen LogP contribution in [-0.4, -0.2) is 31.0 Å². The van der Waals surface area contributed by atoms with Gasteiger partial charge in [0.2, 0.25) is 0 Å². The fourth-order valence-electron chi connectivity index (χ4n) is 1.83. The molecule has 0 aliphatic rings. The molecule has 0 unspecified atom stereocenters. The Balaban J connectivity index is 2.61. The van der Waals surface area contributed by atoms with Crippen LogP contribution in [0.1, 0.15) is 26.3 Å². The highest BCUT2D eigenvalue weighted by Crippen LogP contribution is 2.35. The minimum absolute atomic E-state index is 0.126. The Labute approximate surface area is 123 Å². The third-order valence-electron chi connectivity index (χ3n) is 2.72. The van der Waals surface area contributed by atoms with E-state index in [2.05, 4.69) is 35.1 Å². The number of benzene rings is 1. The zero-order valence-electron chi connectivity index (χ0n) is 11.9. The van der Waals surface area contributed by atoms with E-state index in [1.807, 2.05) is 19.1 Å². The molecule has 0 amide bonds. The van der Waals surface area contributed by atoms with Gasteiger partial charge < -0.3 is 19.9 Å². The SMILES string of the molecule is CCOC(C)(C)CNCc1cc(Br)c(O)c(OC)c1. The van der Waals surface area contributed by atoms with Gasteiger partial charge in [-0.2, -0.15) is 0 Å². The third-order valence-corrected chi connectivity index (χ3v) is 3.33. The van der Waals surface area contributed by atoms with Crippen LogP contribution in [0.3, 0.4) is 0 Å². The lowest BCUT2D eigenvalue weighted by atomic mass is 10.1. The number of hydrogen-bond acceptors (Lipinski definition) is 4.